The van der Waals surface area contributed by atoms with Crippen LogP contribution in [-0.2, 0) is 0 Å². The third kappa shape index (κ3) is 1.83. The van der Waals surface area contributed by atoms with E-state index < -0.39 is 0 Å². The molecule has 0 heterocycles. The summed E-state index contributed by atoms with van der Waals surface area (Å²) in [6, 6.07) is 12.2. The van der Waals surface area contributed by atoms with Crippen LogP contribution in [0.3, 0.4) is 0 Å². The van der Waals surface area contributed by atoms with Gasteiger partial charge in [0.1, 0.15) is 0 Å². The standard InChI is InChI=1S/C13H12N2S/c1-15(2)13-8-4-5-10-11(13)6-3-7-12(10)14-9-16/h3-8H,1-2H3. The largest absolute Gasteiger partial charge is 0.377 e. The molecule has 0 saturated heterocycles. The summed E-state index contributed by atoms with van der Waals surface area (Å²) in [4.78, 5) is 6.17. The van der Waals surface area contributed by atoms with Gasteiger partial charge in [0.15, 0.2) is 0 Å². The Morgan fingerprint density at radius 3 is 2.44 bits per heavy atom. The lowest BCUT2D eigenvalue weighted by Crippen LogP contribution is -2.08. The zero-order chi connectivity index (χ0) is 11.5. The Morgan fingerprint density at radius 2 is 1.75 bits per heavy atom. The van der Waals surface area contributed by atoms with Crippen LogP contribution in [-0.4, -0.2) is 19.3 Å². The van der Waals surface area contributed by atoms with Gasteiger partial charge in [-0.15, -0.1) is 0 Å². The van der Waals surface area contributed by atoms with Gasteiger partial charge in [-0.2, -0.15) is 4.99 Å². The molecular formula is C13H12N2S. The summed E-state index contributed by atoms with van der Waals surface area (Å²) in [5.41, 5.74) is 2.05. The fraction of sp³-hybridized carbons (Fsp3) is 0.154. The van der Waals surface area contributed by atoms with Gasteiger partial charge in [0, 0.05) is 30.6 Å². The average molecular weight is 228 g/mol. The summed E-state index contributed by atoms with van der Waals surface area (Å²) < 4.78 is 0. The van der Waals surface area contributed by atoms with Crippen molar-refractivity contribution in [2.24, 2.45) is 4.99 Å². The highest BCUT2D eigenvalue weighted by molar-refractivity contribution is 7.78. The van der Waals surface area contributed by atoms with Crippen LogP contribution in [0.25, 0.3) is 10.8 Å². The summed E-state index contributed by atoms with van der Waals surface area (Å²) in [5.74, 6) is 0. The molecule has 0 aliphatic carbocycles. The summed E-state index contributed by atoms with van der Waals surface area (Å²) >= 11 is 4.65. The number of nitrogens with zero attached hydrogens (tertiary/aromatic N) is 2. The molecule has 0 amide bonds. The Bertz CT molecular complexity index is 569. The van der Waals surface area contributed by atoms with Crippen LogP contribution in [0.15, 0.2) is 41.4 Å². The lowest BCUT2D eigenvalue weighted by Gasteiger charge is -2.15. The molecular weight excluding hydrogens is 216 g/mol. The summed E-state index contributed by atoms with van der Waals surface area (Å²) in [6.07, 6.45) is 0. The Kier molecular flexibility index (Phi) is 3.00. The van der Waals surface area contributed by atoms with E-state index >= 15 is 0 Å². The molecule has 0 fully saturated rings. The fourth-order valence-corrected chi connectivity index (χ4v) is 1.91. The zero-order valence-corrected chi connectivity index (χ0v) is 10.1. The van der Waals surface area contributed by atoms with E-state index in [9.17, 15) is 0 Å². The first-order valence-electron chi connectivity index (χ1n) is 5.01. The van der Waals surface area contributed by atoms with E-state index in [1.165, 1.54) is 11.1 Å². The zero-order valence-electron chi connectivity index (χ0n) is 9.27. The maximum absolute atomic E-state index is 4.65. The lowest BCUT2D eigenvalue weighted by atomic mass is 10.1. The van der Waals surface area contributed by atoms with Crippen LogP contribution in [0.1, 0.15) is 0 Å². The van der Waals surface area contributed by atoms with Crippen molar-refractivity contribution in [3.63, 3.8) is 0 Å². The molecule has 0 N–H and O–H groups in total. The minimum absolute atomic E-state index is 0.871. The van der Waals surface area contributed by atoms with Crippen molar-refractivity contribution in [3.05, 3.63) is 36.4 Å². The molecule has 0 aliphatic rings. The summed E-state index contributed by atoms with van der Waals surface area (Å²) in [5, 5.41) is 4.70. The minimum Gasteiger partial charge on any atom is -0.377 e. The van der Waals surface area contributed by atoms with E-state index in [0.29, 0.717) is 0 Å². The monoisotopic (exact) mass is 228 g/mol. The summed E-state index contributed by atoms with van der Waals surface area (Å²) in [7, 11) is 4.06. The van der Waals surface area contributed by atoms with Crippen molar-refractivity contribution in [1.29, 1.82) is 0 Å². The molecule has 0 aliphatic heterocycles. The molecule has 2 rings (SSSR count). The second kappa shape index (κ2) is 4.44. The van der Waals surface area contributed by atoms with Gasteiger partial charge in [0.25, 0.3) is 0 Å². The maximum Gasteiger partial charge on any atom is 0.0818 e. The second-order valence-electron chi connectivity index (χ2n) is 3.75. The molecule has 0 radical (unpaired) electrons. The average Bonchev–Trinajstić information content (AvgIpc) is 2.29. The number of aliphatic imine (C=N–C) groups is 1. The van der Waals surface area contributed by atoms with Crippen molar-refractivity contribution in [3.8, 4) is 0 Å². The molecule has 2 aromatic carbocycles. The molecule has 0 unspecified atom stereocenters. The first-order valence-corrected chi connectivity index (χ1v) is 5.42. The Balaban J connectivity index is 2.81. The van der Waals surface area contributed by atoms with Gasteiger partial charge in [-0.25, -0.2) is 0 Å². The van der Waals surface area contributed by atoms with E-state index in [1.807, 2.05) is 38.4 Å². The molecule has 2 aromatic rings. The van der Waals surface area contributed by atoms with Crippen molar-refractivity contribution >= 4 is 39.5 Å². The van der Waals surface area contributed by atoms with Gasteiger partial charge in [0.2, 0.25) is 0 Å². The number of anilines is 1. The number of rotatable bonds is 2. The molecule has 0 atom stereocenters. The highest BCUT2D eigenvalue weighted by atomic mass is 32.1. The van der Waals surface area contributed by atoms with Crippen molar-refractivity contribution < 1.29 is 0 Å². The van der Waals surface area contributed by atoms with Crippen molar-refractivity contribution in [2.45, 2.75) is 0 Å². The van der Waals surface area contributed by atoms with Crippen molar-refractivity contribution in [2.75, 3.05) is 19.0 Å². The van der Waals surface area contributed by atoms with Crippen molar-refractivity contribution in [1.82, 2.24) is 0 Å². The van der Waals surface area contributed by atoms with Crippen LogP contribution < -0.4 is 4.90 Å². The first kappa shape index (κ1) is 10.8. The molecule has 2 nitrogen and oxygen atoms in total. The molecule has 0 spiro atoms. The van der Waals surface area contributed by atoms with Crippen LogP contribution in [0, 0.1) is 0 Å². The Labute approximate surface area is 100 Å². The van der Waals surface area contributed by atoms with Crippen LogP contribution >= 0.6 is 12.2 Å². The topological polar surface area (TPSA) is 15.6 Å². The van der Waals surface area contributed by atoms with Gasteiger partial charge >= 0.3 is 0 Å². The third-order valence-corrected chi connectivity index (χ3v) is 2.62. The number of thiocarbonyl (C=S) groups is 1. The van der Waals surface area contributed by atoms with Crippen LogP contribution in [0.2, 0.25) is 0 Å². The van der Waals surface area contributed by atoms with Gasteiger partial charge in [-0.3, -0.25) is 0 Å². The first-order chi connectivity index (χ1) is 7.74. The van der Waals surface area contributed by atoms with E-state index in [-0.39, 0.29) is 0 Å². The number of hydrogen-bond donors (Lipinski definition) is 0. The molecule has 0 bridgehead atoms. The molecule has 3 heteroatoms. The Hall–Kier alpha value is -1.70. The van der Waals surface area contributed by atoms with E-state index in [2.05, 4.69) is 39.4 Å². The number of benzene rings is 2. The molecule has 0 saturated carbocycles. The van der Waals surface area contributed by atoms with Gasteiger partial charge in [-0.05, 0) is 24.4 Å². The lowest BCUT2D eigenvalue weighted by molar-refractivity contribution is 1.14. The summed E-state index contributed by atoms with van der Waals surface area (Å²) in [6.45, 7) is 0. The number of isothiocyanates is 1. The van der Waals surface area contributed by atoms with Gasteiger partial charge in [0.05, 0.1) is 10.8 Å². The maximum atomic E-state index is 4.65. The van der Waals surface area contributed by atoms with Crippen LogP contribution in [0.4, 0.5) is 11.4 Å². The van der Waals surface area contributed by atoms with E-state index in [4.69, 9.17) is 0 Å². The Morgan fingerprint density at radius 1 is 1.06 bits per heavy atom. The number of hydrogen-bond acceptors (Lipinski definition) is 3. The van der Waals surface area contributed by atoms with E-state index in [1.54, 1.807) is 0 Å². The minimum atomic E-state index is 0.871. The SMILES string of the molecule is CN(C)c1cccc2c(N=C=S)cccc12. The quantitative estimate of drug-likeness (QED) is 0.576. The normalized spacial score (nSPS) is 9.88. The highest BCUT2D eigenvalue weighted by Gasteiger charge is 2.04. The third-order valence-electron chi connectivity index (χ3n) is 2.52. The molecule has 80 valence electrons. The van der Waals surface area contributed by atoms with E-state index in [0.717, 1.165) is 11.1 Å². The molecule has 0 aromatic heterocycles. The van der Waals surface area contributed by atoms with Crippen LogP contribution in [0.5, 0.6) is 0 Å². The second-order valence-corrected chi connectivity index (χ2v) is 3.93. The van der Waals surface area contributed by atoms with Gasteiger partial charge in [-0.1, -0.05) is 24.3 Å². The smallest absolute Gasteiger partial charge is 0.0818 e. The predicted molar refractivity (Wildman–Crippen MR) is 73.0 cm³/mol. The number of fused-ring (bicyclic) bond motifs is 1. The van der Waals surface area contributed by atoms with Gasteiger partial charge < -0.3 is 4.90 Å². The predicted octanol–water partition coefficient (Wildman–Crippen LogP) is 3.64. The molecule has 16 heavy (non-hydrogen) atoms. The fourth-order valence-electron chi connectivity index (χ4n) is 1.81. The highest BCUT2D eigenvalue weighted by Crippen LogP contribution is 2.31.